The molecular weight excluding hydrogens is 252 g/mol. The molecular formula is C16H22N2O2. The Morgan fingerprint density at radius 1 is 1.25 bits per heavy atom. The van der Waals surface area contributed by atoms with E-state index in [1.807, 2.05) is 35.2 Å². The predicted molar refractivity (Wildman–Crippen MR) is 78.1 cm³/mol. The summed E-state index contributed by atoms with van der Waals surface area (Å²) in [7, 11) is 0. The third-order valence-corrected chi connectivity index (χ3v) is 3.42. The molecule has 4 heteroatoms. The first-order valence-corrected chi connectivity index (χ1v) is 7.18. The van der Waals surface area contributed by atoms with E-state index in [0.717, 1.165) is 5.56 Å². The van der Waals surface area contributed by atoms with E-state index in [4.69, 9.17) is 0 Å². The Morgan fingerprint density at radius 3 is 2.60 bits per heavy atom. The molecule has 1 aromatic rings. The molecule has 1 aliphatic rings. The van der Waals surface area contributed by atoms with Crippen molar-refractivity contribution in [1.82, 2.24) is 10.2 Å². The molecule has 4 nitrogen and oxygen atoms in total. The van der Waals surface area contributed by atoms with Crippen LogP contribution in [0.5, 0.6) is 0 Å². The molecule has 108 valence electrons. The van der Waals surface area contributed by atoms with Gasteiger partial charge in [0.25, 0.3) is 0 Å². The second kappa shape index (κ2) is 6.55. The van der Waals surface area contributed by atoms with Crippen LogP contribution >= 0.6 is 0 Å². The number of rotatable bonds is 4. The van der Waals surface area contributed by atoms with Crippen LogP contribution in [0.25, 0.3) is 0 Å². The highest BCUT2D eigenvalue weighted by atomic mass is 16.2. The number of hydrogen-bond acceptors (Lipinski definition) is 2. The molecule has 0 aliphatic carbocycles. The summed E-state index contributed by atoms with van der Waals surface area (Å²) < 4.78 is 0. The molecule has 1 heterocycles. The molecule has 1 aliphatic heterocycles. The first-order valence-electron chi connectivity index (χ1n) is 7.18. The van der Waals surface area contributed by atoms with Crippen LogP contribution in [-0.4, -0.2) is 35.8 Å². The minimum absolute atomic E-state index is 0.0356. The first kappa shape index (κ1) is 14.6. The number of amides is 2. The molecule has 1 N–H and O–H groups in total. The molecule has 1 atom stereocenters. The van der Waals surface area contributed by atoms with Gasteiger partial charge in [-0.05, 0) is 11.5 Å². The van der Waals surface area contributed by atoms with Crippen molar-refractivity contribution in [1.29, 1.82) is 0 Å². The highest BCUT2D eigenvalue weighted by Crippen LogP contribution is 2.11. The van der Waals surface area contributed by atoms with Crippen molar-refractivity contribution < 1.29 is 9.59 Å². The van der Waals surface area contributed by atoms with Gasteiger partial charge in [-0.15, -0.1) is 0 Å². The SMILES string of the molecule is CC(C)CN1CCC(=O)NC(Cc2ccccc2)C1=O. The van der Waals surface area contributed by atoms with Crippen molar-refractivity contribution in [2.24, 2.45) is 5.92 Å². The smallest absolute Gasteiger partial charge is 0.245 e. The van der Waals surface area contributed by atoms with Gasteiger partial charge in [0.05, 0.1) is 0 Å². The fourth-order valence-electron chi connectivity index (χ4n) is 2.51. The maximum Gasteiger partial charge on any atom is 0.245 e. The summed E-state index contributed by atoms with van der Waals surface area (Å²) in [4.78, 5) is 26.1. The minimum atomic E-state index is -0.439. The second-order valence-corrected chi connectivity index (χ2v) is 5.74. The fourth-order valence-corrected chi connectivity index (χ4v) is 2.51. The maximum absolute atomic E-state index is 12.5. The average Bonchev–Trinajstić information content (AvgIpc) is 2.53. The van der Waals surface area contributed by atoms with Crippen LogP contribution in [0.4, 0.5) is 0 Å². The molecule has 2 rings (SSSR count). The van der Waals surface area contributed by atoms with Gasteiger partial charge in [-0.1, -0.05) is 44.2 Å². The van der Waals surface area contributed by atoms with E-state index in [1.165, 1.54) is 0 Å². The monoisotopic (exact) mass is 274 g/mol. The number of nitrogens with zero attached hydrogens (tertiary/aromatic N) is 1. The quantitative estimate of drug-likeness (QED) is 0.906. The Labute approximate surface area is 120 Å². The van der Waals surface area contributed by atoms with Crippen LogP contribution in [0.2, 0.25) is 0 Å². The Morgan fingerprint density at radius 2 is 1.95 bits per heavy atom. The summed E-state index contributed by atoms with van der Waals surface area (Å²) in [6.45, 7) is 5.40. The van der Waals surface area contributed by atoms with Crippen molar-refractivity contribution >= 4 is 11.8 Å². The topological polar surface area (TPSA) is 49.4 Å². The lowest BCUT2D eigenvalue weighted by atomic mass is 10.0. The molecule has 2 amide bonds. The van der Waals surface area contributed by atoms with Gasteiger partial charge in [-0.2, -0.15) is 0 Å². The summed E-state index contributed by atoms with van der Waals surface area (Å²) in [6, 6.07) is 9.37. The molecule has 1 saturated heterocycles. The molecule has 1 aromatic carbocycles. The Balaban J connectivity index is 2.12. The zero-order chi connectivity index (χ0) is 14.5. The van der Waals surface area contributed by atoms with Crippen LogP contribution in [0.1, 0.15) is 25.8 Å². The molecule has 0 saturated carbocycles. The van der Waals surface area contributed by atoms with Gasteiger partial charge < -0.3 is 10.2 Å². The van der Waals surface area contributed by atoms with Crippen molar-refractivity contribution in [2.45, 2.75) is 32.7 Å². The highest BCUT2D eigenvalue weighted by molar-refractivity contribution is 5.90. The normalized spacial score (nSPS) is 19.9. The van der Waals surface area contributed by atoms with Crippen LogP contribution in [0.3, 0.4) is 0 Å². The molecule has 0 spiro atoms. The summed E-state index contributed by atoms with van der Waals surface area (Å²) in [5.41, 5.74) is 1.07. The van der Waals surface area contributed by atoms with Crippen LogP contribution in [0, 0.1) is 5.92 Å². The number of carbonyl (C=O) groups is 2. The van der Waals surface area contributed by atoms with E-state index >= 15 is 0 Å². The standard InChI is InChI=1S/C16H22N2O2/c1-12(2)11-18-9-8-15(19)17-14(16(18)20)10-13-6-4-3-5-7-13/h3-7,12,14H,8-11H2,1-2H3,(H,17,19). The third-order valence-electron chi connectivity index (χ3n) is 3.42. The number of carbonyl (C=O) groups excluding carboxylic acids is 2. The molecule has 20 heavy (non-hydrogen) atoms. The summed E-state index contributed by atoms with van der Waals surface area (Å²) >= 11 is 0. The first-order chi connectivity index (χ1) is 9.56. The molecule has 0 bridgehead atoms. The summed E-state index contributed by atoms with van der Waals surface area (Å²) in [5, 5.41) is 2.85. The lowest BCUT2D eigenvalue weighted by Crippen LogP contribution is -2.46. The van der Waals surface area contributed by atoms with Crippen molar-refractivity contribution in [3.05, 3.63) is 35.9 Å². The summed E-state index contributed by atoms with van der Waals surface area (Å²) in [6.07, 6.45) is 0.948. The third kappa shape index (κ3) is 3.83. The largest absolute Gasteiger partial charge is 0.344 e. The van der Waals surface area contributed by atoms with E-state index in [9.17, 15) is 9.59 Å². The van der Waals surface area contributed by atoms with E-state index in [1.54, 1.807) is 0 Å². The van der Waals surface area contributed by atoms with Crippen LogP contribution < -0.4 is 5.32 Å². The maximum atomic E-state index is 12.5. The lowest BCUT2D eigenvalue weighted by Gasteiger charge is -2.25. The van der Waals surface area contributed by atoms with Gasteiger partial charge in [0.15, 0.2) is 0 Å². The second-order valence-electron chi connectivity index (χ2n) is 5.74. The van der Waals surface area contributed by atoms with Gasteiger partial charge in [-0.3, -0.25) is 9.59 Å². The highest BCUT2D eigenvalue weighted by Gasteiger charge is 2.29. The van der Waals surface area contributed by atoms with Gasteiger partial charge in [0, 0.05) is 25.9 Å². The van der Waals surface area contributed by atoms with Crippen molar-refractivity contribution in [3.8, 4) is 0 Å². The van der Waals surface area contributed by atoms with E-state index < -0.39 is 6.04 Å². The molecule has 0 aromatic heterocycles. The number of hydrogen-bond donors (Lipinski definition) is 1. The number of benzene rings is 1. The van der Waals surface area contributed by atoms with Gasteiger partial charge >= 0.3 is 0 Å². The summed E-state index contributed by atoms with van der Waals surface area (Å²) in [5.74, 6) is 0.406. The van der Waals surface area contributed by atoms with Crippen LogP contribution in [0.15, 0.2) is 30.3 Å². The van der Waals surface area contributed by atoms with Gasteiger partial charge in [0.2, 0.25) is 11.8 Å². The lowest BCUT2D eigenvalue weighted by molar-refractivity contribution is -0.133. The molecule has 1 fully saturated rings. The average molecular weight is 274 g/mol. The zero-order valence-corrected chi connectivity index (χ0v) is 12.1. The van der Waals surface area contributed by atoms with E-state index in [-0.39, 0.29) is 11.8 Å². The minimum Gasteiger partial charge on any atom is -0.344 e. The Hall–Kier alpha value is -1.84. The van der Waals surface area contributed by atoms with E-state index in [2.05, 4.69) is 19.2 Å². The van der Waals surface area contributed by atoms with Crippen LogP contribution in [-0.2, 0) is 16.0 Å². The predicted octanol–water partition coefficient (Wildman–Crippen LogP) is 1.60. The fraction of sp³-hybridized carbons (Fsp3) is 0.500. The van der Waals surface area contributed by atoms with Gasteiger partial charge in [-0.25, -0.2) is 0 Å². The van der Waals surface area contributed by atoms with Crippen molar-refractivity contribution in [2.75, 3.05) is 13.1 Å². The zero-order valence-electron chi connectivity index (χ0n) is 12.1. The van der Waals surface area contributed by atoms with Gasteiger partial charge in [0.1, 0.15) is 6.04 Å². The Kier molecular flexibility index (Phi) is 4.77. The Bertz CT molecular complexity index is 471. The van der Waals surface area contributed by atoms with E-state index in [0.29, 0.717) is 31.8 Å². The molecule has 0 radical (unpaired) electrons. The molecule has 1 unspecified atom stereocenters. The number of nitrogens with one attached hydrogen (secondary N) is 1. The van der Waals surface area contributed by atoms with Crippen molar-refractivity contribution in [3.63, 3.8) is 0 Å².